The third kappa shape index (κ3) is 2.81. The molecule has 1 aromatic rings. The first-order valence-corrected chi connectivity index (χ1v) is 9.63. The number of carboxylic acid groups (broad SMARTS) is 1. The molecule has 2 saturated heterocycles. The molecule has 0 aromatic carbocycles. The van der Waals surface area contributed by atoms with Crippen LogP contribution in [0, 0.1) is 11.3 Å². The van der Waals surface area contributed by atoms with Crippen molar-refractivity contribution in [1.29, 1.82) is 0 Å². The lowest BCUT2D eigenvalue weighted by molar-refractivity contribution is -0.149. The Morgan fingerprint density at radius 2 is 2.13 bits per heavy atom. The molecule has 6 heteroatoms. The van der Waals surface area contributed by atoms with Crippen molar-refractivity contribution in [2.45, 2.75) is 44.7 Å². The van der Waals surface area contributed by atoms with E-state index < -0.39 is 11.4 Å². The monoisotopic (exact) mass is 335 g/mol. The Hall–Kier alpha value is -0.980. The fourth-order valence-corrected chi connectivity index (χ4v) is 5.54. The molecule has 4 rings (SSSR count). The van der Waals surface area contributed by atoms with Gasteiger partial charge in [-0.3, -0.25) is 14.6 Å². The van der Waals surface area contributed by atoms with Gasteiger partial charge in [-0.2, -0.15) is 0 Å². The topological polar surface area (TPSA) is 56.7 Å². The summed E-state index contributed by atoms with van der Waals surface area (Å²) in [7, 11) is 0. The first-order chi connectivity index (χ1) is 11.2. The predicted molar refractivity (Wildman–Crippen MR) is 89.4 cm³/mol. The summed E-state index contributed by atoms with van der Waals surface area (Å²) in [5, 5.41) is 13.1. The normalized spacial score (nSPS) is 33.1. The molecule has 3 fully saturated rings. The van der Waals surface area contributed by atoms with Gasteiger partial charge in [0.15, 0.2) is 0 Å². The number of aliphatic carboxylic acids is 1. The highest BCUT2D eigenvalue weighted by atomic mass is 32.1. The van der Waals surface area contributed by atoms with Gasteiger partial charge in [0, 0.05) is 49.7 Å². The van der Waals surface area contributed by atoms with Crippen LogP contribution in [-0.4, -0.2) is 58.1 Å². The van der Waals surface area contributed by atoms with Crippen LogP contribution in [0.3, 0.4) is 0 Å². The molecular weight excluding hydrogens is 310 g/mol. The first kappa shape index (κ1) is 15.5. The minimum absolute atomic E-state index is 0.266. The van der Waals surface area contributed by atoms with Crippen LogP contribution in [0.2, 0.25) is 0 Å². The number of fused-ring (bicyclic) bond motifs is 1. The van der Waals surface area contributed by atoms with Crippen LogP contribution in [0.25, 0.3) is 0 Å². The summed E-state index contributed by atoms with van der Waals surface area (Å²) in [4.78, 5) is 21.3. The fraction of sp³-hybridized carbons (Fsp3) is 0.765. The standard InChI is InChI=1S/C17H25N3O2S/c21-16(22)17-11-19(10-15-18-6-7-23-15)8-13(17)9-20(12-17)14-4-2-1-3-5-14/h6-7,13-14H,1-5,8-12H2,(H,21,22)/t13-,17-/m0/s1. The van der Waals surface area contributed by atoms with Gasteiger partial charge in [0.25, 0.3) is 0 Å². The zero-order chi connectivity index (χ0) is 15.9. The average molecular weight is 335 g/mol. The molecule has 0 bridgehead atoms. The number of thiazole rings is 1. The summed E-state index contributed by atoms with van der Waals surface area (Å²) in [5.41, 5.74) is -0.561. The predicted octanol–water partition coefficient (Wildman–Crippen LogP) is 2.29. The Morgan fingerprint density at radius 3 is 2.78 bits per heavy atom. The molecule has 5 nitrogen and oxygen atoms in total. The summed E-state index contributed by atoms with van der Waals surface area (Å²) < 4.78 is 0. The minimum Gasteiger partial charge on any atom is -0.481 e. The van der Waals surface area contributed by atoms with Gasteiger partial charge in [0.1, 0.15) is 5.01 Å². The van der Waals surface area contributed by atoms with Crippen LogP contribution < -0.4 is 0 Å². The Kier molecular flexibility index (Phi) is 4.15. The number of hydrogen-bond donors (Lipinski definition) is 1. The van der Waals surface area contributed by atoms with Crippen molar-refractivity contribution in [2.75, 3.05) is 26.2 Å². The smallest absolute Gasteiger partial charge is 0.312 e. The van der Waals surface area contributed by atoms with E-state index in [1.165, 1.54) is 32.1 Å². The van der Waals surface area contributed by atoms with E-state index in [-0.39, 0.29) is 5.92 Å². The number of hydrogen-bond acceptors (Lipinski definition) is 5. The van der Waals surface area contributed by atoms with Crippen molar-refractivity contribution in [3.63, 3.8) is 0 Å². The van der Waals surface area contributed by atoms with E-state index in [2.05, 4.69) is 14.8 Å². The molecule has 3 aliphatic rings. The lowest BCUT2D eigenvalue weighted by Gasteiger charge is -2.33. The Morgan fingerprint density at radius 1 is 1.30 bits per heavy atom. The van der Waals surface area contributed by atoms with E-state index in [0.29, 0.717) is 12.6 Å². The van der Waals surface area contributed by atoms with E-state index >= 15 is 0 Å². The minimum atomic E-state index is -0.595. The van der Waals surface area contributed by atoms with Gasteiger partial charge in [-0.15, -0.1) is 11.3 Å². The zero-order valence-corrected chi connectivity index (χ0v) is 14.3. The molecule has 1 N–H and O–H groups in total. The van der Waals surface area contributed by atoms with E-state index in [1.807, 2.05) is 11.6 Å². The quantitative estimate of drug-likeness (QED) is 0.915. The average Bonchev–Trinajstić information content (AvgIpc) is 3.23. The molecule has 2 aliphatic heterocycles. The molecule has 0 amide bonds. The molecule has 0 spiro atoms. The summed E-state index contributed by atoms with van der Waals surface area (Å²) in [6, 6.07) is 0.623. The van der Waals surface area contributed by atoms with Gasteiger partial charge < -0.3 is 5.11 Å². The van der Waals surface area contributed by atoms with Gasteiger partial charge in [-0.25, -0.2) is 4.98 Å². The van der Waals surface area contributed by atoms with E-state index in [4.69, 9.17) is 0 Å². The number of carbonyl (C=O) groups is 1. The zero-order valence-electron chi connectivity index (χ0n) is 13.5. The van der Waals surface area contributed by atoms with Gasteiger partial charge in [0.05, 0.1) is 12.0 Å². The Balaban J connectivity index is 1.46. The Labute approximate surface area is 141 Å². The van der Waals surface area contributed by atoms with Crippen molar-refractivity contribution in [3.05, 3.63) is 16.6 Å². The van der Waals surface area contributed by atoms with Crippen molar-refractivity contribution >= 4 is 17.3 Å². The first-order valence-electron chi connectivity index (χ1n) is 8.75. The SMILES string of the molecule is O=C(O)[C@]12CN(Cc3nccs3)C[C@H]1CN(C1CCCCC1)C2. The number of nitrogens with zero attached hydrogens (tertiary/aromatic N) is 3. The van der Waals surface area contributed by atoms with Crippen molar-refractivity contribution < 1.29 is 9.90 Å². The highest BCUT2D eigenvalue weighted by molar-refractivity contribution is 7.09. The lowest BCUT2D eigenvalue weighted by atomic mass is 9.81. The molecule has 1 saturated carbocycles. The molecule has 2 atom stereocenters. The molecule has 1 aromatic heterocycles. The van der Waals surface area contributed by atoms with E-state index in [9.17, 15) is 9.90 Å². The summed E-state index contributed by atoms with van der Waals surface area (Å²) in [5.74, 6) is -0.329. The second kappa shape index (κ2) is 6.15. The summed E-state index contributed by atoms with van der Waals surface area (Å²) >= 11 is 1.66. The summed E-state index contributed by atoms with van der Waals surface area (Å²) in [6.07, 6.45) is 8.30. The van der Waals surface area contributed by atoms with Gasteiger partial charge in [0.2, 0.25) is 0 Å². The molecule has 3 heterocycles. The molecule has 1 aliphatic carbocycles. The third-order valence-corrected chi connectivity index (χ3v) is 6.83. The van der Waals surface area contributed by atoms with Crippen molar-refractivity contribution in [3.8, 4) is 0 Å². The van der Waals surface area contributed by atoms with Gasteiger partial charge >= 0.3 is 5.97 Å². The highest BCUT2D eigenvalue weighted by Gasteiger charge is 2.58. The van der Waals surface area contributed by atoms with E-state index in [0.717, 1.165) is 31.2 Å². The Bertz CT molecular complexity index is 558. The number of rotatable bonds is 4. The molecule has 0 unspecified atom stereocenters. The number of aromatic nitrogens is 1. The number of likely N-dealkylation sites (tertiary alicyclic amines) is 2. The van der Waals surface area contributed by atoms with Crippen molar-refractivity contribution in [2.24, 2.45) is 11.3 Å². The lowest BCUT2D eigenvalue weighted by Crippen LogP contribution is -2.43. The van der Waals surface area contributed by atoms with Crippen LogP contribution in [0.4, 0.5) is 0 Å². The number of carboxylic acids is 1. The molecule has 126 valence electrons. The second-order valence-corrected chi connectivity index (χ2v) is 8.45. The van der Waals surface area contributed by atoms with Crippen LogP contribution in [0.5, 0.6) is 0 Å². The third-order valence-electron chi connectivity index (χ3n) is 6.07. The fourth-order valence-electron chi connectivity index (χ4n) is 4.88. The second-order valence-electron chi connectivity index (χ2n) is 7.47. The summed E-state index contributed by atoms with van der Waals surface area (Å²) in [6.45, 7) is 4.08. The van der Waals surface area contributed by atoms with Crippen LogP contribution >= 0.6 is 11.3 Å². The molecule has 0 radical (unpaired) electrons. The van der Waals surface area contributed by atoms with Crippen LogP contribution in [0.1, 0.15) is 37.1 Å². The van der Waals surface area contributed by atoms with E-state index in [1.54, 1.807) is 11.3 Å². The largest absolute Gasteiger partial charge is 0.481 e. The van der Waals surface area contributed by atoms with Gasteiger partial charge in [-0.05, 0) is 12.8 Å². The van der Waals surface area contributed by atoms with Crippen LogP contribution in [-0.2, 0) is 11.3 Å². The van der Waals surface area contributed by atoms with Crippen LogP contribution in [0.15, 0.2) is 11.6 Å². The highest BCUT2D eigenvalue weighted by Crippen LogP contribution is 2.45. The molecule has 23 heavy (non-hydrogen) atoms. The maximum absolute atomic E-state index is 12.1. The van der Waals surface area contributed by atoms with Crippen molar-refractivity contribution in [1.82, 2.24) is 14.8 Å². The maximum atomic E-state index is 12.1. The maximum Gasteiger partial charge on any atom is 0.312 e. The van der Waals surface area contributed by atoms with Gasteiger partial charge in [-0.1, -0.05) is 19.3 Å². The molecular formula is C17H25N3O2S.